The van der Waals surface area contributed by atoms with Gasteiger partial charge in [0.15, 0.2) is 0 Å². The Labute approximate surface area is 132 Å². The van der Waals surface area contributed by atoms with Crippen molar-refractivity contribution >= 4 is 34.9 Å². The molecular weight excluding hydrogens is 313 g/mol. The lowest BCUT2D eigenvalue weighted by Crippen LogP contribution is -2.07. The number of rotatable bonds is 3. The molecule has 2 rings (SSSR count). The molecule has 0 saturated carbocycles. The van der Waals surface area contributed by atoms with E-state index in [-0.39, 0.29) is 5.56 Å². The first kappa shape index (κ1) is 15.5. The number of aryl methyl sites for hydroxylation is 1. The Morgan fingerprint density at radius 2 is 1.95 bits per heavy atom. The zero-order valence-electron chi connectivity index (χ0n) is 11.4. The Morgan fingerprint density at radius 3 is 2.62 bits per heavy atom. The van der Waals surface area contributed by atoms with Crippen LogP contribution in [0.4, 0.5) is 5.69 Å². The van der Waals surface area contributed by atoms with Gasteiger partial charge in [0.05, 0.1) is 17.7 Å². The molecule has 6 heteroatoms. The summed E-state index contributed by atoms with van der Waals surface area (Å²) >= 11 is 12.0. The van der Waals surface area contributed by atoms with Crippen molar-refractivity contribution in [2.45, 2.75) is 6.92 Å². The van der Waals surface area contributed by atoms with Crippen LogP contribution in [0.5, 0.6) is 11.5 Å². The minimum absolute atomic E-state index is 0.241. The number of hydrogen-bond donors (Lipinski definition) is 1. The minimum Gasteiger partial charge on any atom is -0.465 e. The summed E-state index contributed by atoms with van der Waals surface area (Å²) in [5.74, 6) is 0.286. The standard InChI is InChI=1S/C15H13Cl2NO3/c1-8-6-9(7-10(14(8)18)15(19)20-2)21-12-5-3-4-11(16)13(12)17/h3-7H,18H2,1-2H3. The van der Waals surface area contributed by atoms with Gasteiger partial charge in [0.1, 0.15) is 16.5 Å². The van der Waals surface area contributed by atoms with Gasteiger partial charge in [0.2, 0.25) is 0 Å². The molecule has 0 fully saturated rings. The Bertz CT molecular complexity index is 702. The molecular formula is C15H13Cl2NO3. The van der Waals surface area contributed by atoms with E-state index in [0.29, 0.717) is 32.8 Å². The van der Waals surface area contributed by atoms with Gasteiger partial charge in [-0.1, -0.05) is 29.3 Å². The average Bonchev–Trinajstić information content (AvgIpc) is 2.46. The van der Waals surface area contributed by atoms with Crippen LogP contribution in [0.1, 0.15) is 15.9 Å². The van der Waals surface area contributed by atoms with Crippen LogP contribution in [0.3, 0.4) is 0 Å². The number of nitrogens with two attached hydrogens (primary N) is 1. The predicted octanol–water partition coefficient (Wildman–Crippen LogP) is 4.46. The van der Waals surface area contributed by atoms with Crippen molar-refractivity contribution in [3.8, 4) is 11.5 Å². The van der Waals surface area contributed by atoms with E-state index in [1.165, 1.54) is 13.2 Å². The highest BCUT2D eigenvalue weighted by Crippen LogP contribution is 2.36. The normalized spacial score (nSPS) is 10.3. The van der Waals surface area contributed by atoms with Gasteiger partial charge in [-0.3, -0.25) is 0 Å². The number of methoxy groups -OCH3 is 1. The van der Waals surface area contributed by atoms with Gasteiger partial charge < -0.3 is 15.2 Å². The number of esters is 1. The van der Waals surface area contributed by atoms with Gasteiger partial charge in [-0.25, -0.2) is 4.79 Å². The van der Waals surface area contributed by atoms with Crippen molar-refractivity contribution in [2.75, 3.05) is 12.8 Å². The van der Waals surface area contributed by atoms with Crippen molar-refractivity contribution in [3.63, 3.8) is 0 Å². The van der Waals surface area contributed by atoms with Crippen LogP contribution in [0.25, 0.3) is 0 Å². The zero-order valence-corrected chi connectivity index (χ0v) is 13.0. The average molecular weight is 326 g/mol. The summed E-state index contributed by atoms with van der Waals surface area (Å²) in [6.45, 7) is 1.77. The number of anilines is 1. The van der Waals surface area contributed by atoms with Gasteiger partial charge in [-0.2, -0.15) is 0 Å². The SMILES string of the molecule is COC(=O)c1cc(Oc2cccc(Cl)c2Cl)cc(C)c1N. The minimum atomic E-state index is -0.529. The second-order valence-corrected chi connectivity index (χ2v) is 5.13. The van der Waals surface area contributed by atoms with Gasteiger partial charge in [-0.05, 0) is 36.8 Å². The molecule has 2 N–H and O–H groups in total. The lowest BCUT2D eigenvalue weighted by molar-refractivity contribution is 0.0601. The Balaban J connectivity index is 2.43. The fraction of sp³-hybridized carbons (Fsp3) is 0.133. The molecule has 21 heavy (non-hydrogen) atoms. The second-order valence-electron chi connectivity index (χ2n) is 4.35. The summed E-state index contributed by atoms with van der Waals surface area (Å²) in [5.41, 5.74) is 7.17. The highest BCUT2D eigenvalue weighted by atomic mass is 35.5. The van der Waals surface area contributed by atoms with Crippen LogP contribution in [-0.2, 0) is 4.74 Å². The summed E-state index contributed by atoms with van der Waals surface area (Å²) in [6.07, 6.45) is 0. The molecule has 0 radical (unpaired) electrons. The Hall–Kier alpha value is -1.91. The number of carbonyl (C=O) groups is 1. The fourth-order valence-electron chi connectivity index (χ4n) is 1.79. The van der Waals surface area contributed by atoms with Crippen LogP contribution in [0, 0.1) is 6.92 Å². The molecule has 4 nitrogen and oxygen atoms in total. The van der Waals surface area contributed by atoms with E-state index in [4.69, 9.17) is 38.4 Å². The number of carbonyl (C=O) groups excluding carboxylic acids is 1. The predicted molar refractivity (Wildman–Crippen MR) is 83.5 cm³/mol. The van der Waals surface area contributed by atoms with E-state index in [2.05, 4.69) is 0 Å². The van der Waals surface area contributed by atoms with Crippen LogP contribution in [0.15, 0.2) is 30.3 Å². The molecule has 0 aromatic heterocycles. The van der Waals surface area contributed by atoms with Crippen molar-refractivity contribution in [1.82, 2.24) is 0 Å². The highest BCUT2D eigenvalue weighted by molar-refractivity contribution is 6.42. The maximum Gasteiger partial charge on any atom is 0.340 e. The lowest BCUT2D eigenvalue weighted by atomic mass is 10.1. The monoisotopic (exact) mass is 325 g/mol. The fourth-order valence-corrected chi connectivity index (χ4v) is 2.12. The number of benzene rings is 2. The smallest absolute Gasteiger partial charge is 0.340 e. The van der Waals surface area contributed by atoms with Crippen LogP contribution >= 0.6 is 23.2 Å². The summed E-state index contributed by atoms with van der Waals surface area (Å²) in [5, 5.41) is 0.683. The third kappa shape index (κ3) is 3.23. The van der Waals surface area contributed by atoms with E-state index in [0.717, 1.165) is 0 Å². The number of hydrogen-bond acceptors (Lipinski definition) is 4. The summed E-state index contributed by atoms with van der Waals surface area (Å²) in [7, 11) is 1.29. The third-order valence-corrected chi connectivity index (χ3v) is 3.71. The van der Waals surface area contributed by atoms with Gasteiger partial charge in [0.25, 0.3) is 0 Å². The first-order valence-corrected chi connectivity index (χ1v) is 6.80. The van der Waals surface area contributed by atoms with Crippen molar-refractivity contribution < 1.29 is 14.3 Å². The molecule has 0 unspecified atom stereocenters. The molecule has 0 aliphatic carbocycles. The van der Waals surface area contributed by atoms with Crippen molar-refractivity contribution in [3.05, 3.63) is 51.5 Å². The topological polar surface area (TPSA) is 61.5 Å². The number of nitrogen functional groups attached to an aromatic ring is 1. The molecule has 2 aromatic carbocycles. The molecule has 0 amide bonds. The van der Waals surface area contributed by atoms with Crippen molar-refractivity contribution in [2.24, 2.45) is 0 Å². The summed E-state index contributed by atoms with van der Waals surface area (Å²) in [4.78, 5) is 11.7. The van der Waals surface area contributed by atoms with Crippen molar-refractivity contribution in [1.29, 1.82) is 0 Å². The highest BCUT2D eigenvalue weighted by Gasteiger charge is 2.15. The lowest BCUT2D eigenvalue weighted by Gasteiger charge is -2.12. The van der Waals surface area contributed by atoms with E-state index in [1.807, 2.05) is 0 Å². The first-order valence-electron chi connectivity index (χ1n) is 6.04. The van der Waals surface area contributed by atoms with Crippen LogP contribution < -0.4 is 10.5 Å². The zero-order chi connectivity index (χ0) is 15.6. The molecule has 0 heterocycles. The molecule has 0 spiro atoms. The summed E-state index contributed by atoms with van der Waals surface area (Å²) < 4.78 is 10.4. The maximum absolute atomic E-state index is 11.7. The number of ether oxygens (including phenoxy) is 2. The van der Waals surface area contributed by atoms with Gasteiger partial charge >= 0.3 is 5.97 Å². The molecule has 0 bridgehead atoms. The second kappa shape index (κ2) is 6.24. The van der Waals surface area contributed by atoms with E-state index < -0.39 is 5.97 Å². The van der Waals surface area contributed by atoms with E-state index in [1.54, 1.807) is 31.2 Å². The van der Waals surface area contributed by atoms with E-state index in [9.17, 15) is 4.79 Å². The molecule has 0 atom stereocenters. The molecule has 0 aliphatic heterocycles. The molecule has 110 valence electrons. The molecule has 0 aliphatic rings. The number of halogens is 2. The maximum atomic E-state index is 11.7. The Morgan fingerprint density at radius 1 is 1.24 bits per heavy atom. The largest absolute Gasteiger partial charge is 0.465 e. The van der Waals surface area contributed by atoms with Crippen LogP contribution in [0.2, 0.25) is 10.0 Å². The van der Waals surface area contributed by atoms with Crippen LogP contribution in [-0.4, -0.2) is 13.1 Å². The molecule has 2 aromatic rings. The van der Waals surface area contributed by atoms with Gasteiger partial charge in [-0.15, -0.1) is 0 Å². The Kier molecular flexibility index (Phi) is 4.60. The first-order chi connectivity index (χ1) is 9.93. The summed E-state index contributed by atoms with van der Waals surface area (Å²) in [6, 6.07) is 8.27. The molecule has 0 saturated heterocycles. The van der Waals surface area contributed by atoms with E-state index >= 15 is 0 Å². The quantitative estimate of drug-likeness (QED) is 0.668. The van der Waals surface area contributed by atoms with Gasteiger partial charge in [0, 0.05) is 5.69 Å². The third-order valence-electron chi connectivity index (χ3n) is 2.91.